The first-order valence-corrected chi connectivity index (χ1v) is 6.40. The summed E-state index contributed by atoms with van der Waals surface area (Å²) in [5, 5.41) is 3.50. The molecule has 108 valence electrons. The molecule has 0 saturated heterocycles. The predicted molar refractivity (Wildman–Crippen MR) is 69.1 cm³/mol. The van der Waals surface area contributed by atoms with E-state index >= 15 is 0 Å². The molecule has 0 aliphatic heterocycles. The van der Waals surface area contributed by atoms with Gasteiger partial charge in [-0.3, -0.25) is 9.48 Å². The van der Waals surface area contributed by atoms with Gasteiger partial charge < -0.3 is 11.5 Å². The van der Waals surface area contributed by atoms with E-state index < -0.39 is 17.8 Å². The van der Waals surface area contributed by atoms with Crippen LogP contribution in [-0.2, 0) is 12.7 Å². The molecule has 0 atom stereocenters. The van der Waals surface area contributed by atoms with E-state index in [1.54, 1.807) is 6.92 Å². The Balaban J connectivity index is 2.57. The van der Waals surface area contributed by atoms with Crippen LogP contribution in [0.1, 0.15) is 22.3 Å². The smallest absolute Gasteiger partial charge is 0.397 e. The Kier molecular flexibility index (Phi) is 3.46. The van der Waals surface area contributed by atoms with Crippen LogP contribution in [0.3, 0.4) is 0 Å². The number of nitrogens with two attached hydrogens (primary N) is 2. The molecule has 20 heavy (non-hydrogen) atoms. The van der Waals surface area contributed by atoms with Gasteiger partial charge in [-0.15, -0.1) is 11.3 Å². The molecule has 0 aliphatic rings. The highest BCUT2D eigenvalue weighted by atomic mass is 32.1. The van der Waals surface area contributed by atoms with Crippen LogP contribution in [0.2, 0.25) is 0 Å². The van der Waals surface area contributed by atoms with Gasteiger partial charge in [0.1, 0.15) is 0 Å². The first kappa shape index (κ1) is 14.4. The number of anilines is 1. The summed E-state index contributed by atoms with van der Waals surface area (Å²) in [7, 11) is 0. The van der Waals surface area contributed by atoms with Crippen LogP contribution < -0.4 is 11.5 Å². The van der Waals surface area contributed by atoms with Gasteiger partial charge in [-0.05, 0) is 19.1 Å². The van der Waals surface area contributed by atoms with Gasteiger partial charge in [0.05, 0.1) is 21.1 Å². The lowest BCUT2D eigenvalue weighted by atomic mass is 10.2. The molecule has 2 aromatic heterocycles. The Morgan fingerprint density at radius 1 is 1.45 bits per heavy atom. The largest absolute Gasteiger partial charge is 0.435 e. The maximum Gasteiger partial charge on any atom is 0.435 e. The molecule has 1 amide bonds. The summed E-state index contributed by atoms with van der Waals surface area (Å²) in [5.74, 6) is -0.674. The molecular formula is C11H11F3N4OS. The Morgan fingerprint density at radius 3 is 2.55 bits per heavy atom. The molecule has 2 rings (SSSR count). The molecule has 0 unspecified atom stereocenters. The molecule has 5 nitrogen and oxygen atoms in total. The first-order chi connectivity index (χ1) is 9.24. The van der Waals surface area contributed by atoms with Crippen molar-refractivity contribution in [1.29, 1.82) is 0 Å². The number of halogens is 3. The highest BCUT2D eigenvalue weighted by Crippen LogP contribution is 2.38. The molecule has 2 aromatic rings. The van der Waals surface area contributed by atoms with Crippen molar-refractivity contribution in [2.75, 3.05) is 5.73 Å². The normalized spacial score (nSPS) is 11.8. The van der Waals surface area contributed by atoms with Crippen molar-refractivity contribution in [3.05, 3.63) is 22.7 Å². The summed E-state index contributed by atoms with van der Waals surface area (Å²) in [4.78, 5) is 11.6. The molecule has 0 saturated carbocycles. The number of aryl methyl sites for hydroxylation is 1. The number of primary amides is 1. The Labute approximate surface area is 116 Å². The van der Waals surface area contributed by atoms with Gasteiger partial charge in [-0.25, -0.2) is 0 Å². The highest BCUT2D eigenvalue weighted by molar-refractivity contribution is 7.18. The average Bonchev–Trinajstić information content (AvgIpc) is 2.90. The van der Waals surface area contributed by atoms with Gasteiger partial charge in [-0.2, -0.15) is 18.3 Å². The second kappa shape index (κ2) is 4.82. The molecule has 0 aliphatic carbocycles. The summed E-state index contributed by atoms with van der Waals surface area (Å²) in [6.07, 6.45) is -4.53. The third-order valence-corrected chi connectivity index (χ3v) is 3.79. The number of hydrogen-bond acceptors (Lipinski definition) is 4. The average molecular weight is 304 g/mol. The fourth-order valence-electron chi connectivity index (χ4n) is 1.71. The Hall–Kier alpha value is -2.03. The van der Waals surface area contributed by atoms with E-state index in [2.05, 4.69) is 5.10 Å². The van der Waals surface area contributed by atoms with Crippen molar-refractivity contribution in [3.8, 4) is 10.6 Å². The van der Waals surface area contributed by atoms with Crippen molar-refractivity contribution in [2.24, 2.45) is 5.73 Å². The summed E-state index contributed by atoms with van der Waals surface area (Å²) in [6.45, 7) is 1.91. The third-order valence-electron chi connectivity index (χ3n) is 2.61. The van der Waals surface area contributed by atoms with E-state index in [9.17, 15) is 18.0 Å². The second-order valence-corrected chi connectivity index (χ2v) is 5.04. The van der Waals surface area contributed by atoms with Gasteiger partial charge in [-0.1, -0.05) is 0 Å². The molecule has 4 N–H and O–H groups in total. The number of aromatic nitrogens is 2. The SMILES string of the molecule is CCn1nc(C(F)(F)F)cc1-c1sc(C(N)=O)cc1N. The highest BCUT2D eigenvalue weighted by Gasteiger charge is 2.35. The van der Waals surface area contributed by atoms with E-state index in [-0.39, 0.29) is 22.8 Å². The zero-order valence-corrected chi connectivity index (χ0v) is 11.2. The lowest BCUT2D eigenvalue weighted by Crippen LogP contribution is -2.08. The Morgan fingerprint density at radius 2 is 2.10 bits per heavy atom. The summed E-state index contributed by atoms with van der Waals surface area (Å²) < 4.78 is 39.3. The second-order valence-electron chi connectivity index (χ2n) is 3.99. The van der Waals surface area contributed by atoms with Gasteiger partial charge in [0.25, 0.3) is 5.91 Å². The molecule has 0 radical (unpaired) electrons. The topological polar surface area (TPSA) is 86.9 Å². The number of thiophene rings is 1. The monoisotopic (exact) mass is 304 g/mol. The Bertz CT molecular complexity index is 659. The number of hydrogen-bond donors (Lipinski definition) is 2. The first-order valence-electron chi connectivity index (χ1n) is 5.58. The third kappa shape index (κ3) is 2.48. The van der Waals surface area contributed by atoms with Crippen molar-refractivity contribution < 1.29 is 18.0 Å². The molecule has 9 heteroatoms. The minimum Gasteiger partial charge on any atom is -0.397 e. The van der Waals surface area contributed by atoms with Crippen molar-refractivity contribution in [1.82, 2.24) is 9.78 Å². The molecule has 0 bridgehead atoms. The van der Waals surface area contributed by atoms with Crippen molar-refractivity contribution >= 4 is 22.9 Å². The van der Waals surface area contributed by atoms with Gasteiger partial charge >= 0.3 is 6.18 Å². The number of carbonyl (C=O) groups excluding carboxylic acids is 1. The van der Waals surface area contributed by atoms with Crippen LogP contribution in [0.5, 0.6) is 0 Å². The molecular weight excluding hydrogens is 293 g/mol. The minimum atomic E-state index is -4.53. The lowest BCUT2D eigenvalue weighted by Gasteiger charge is -2.02. The maximum absolute atomic E-state index is 12.7. The number of nitrogen functional groups attached to an aromatic ring is 1. The summed E-state index contributed by atoms with van der Waals surface area (Å²) in [6, 6.07) is 2.26. The van der Waals surface area contributed by atoms with Gasteiger partial charge in [0.15, 0.2) is 5.69 Å². The summed E-state index contributed by atoms with van der Waals surface area (Å²) in [5.41, 5.74) is 10.3. The fraction of sp³-hybridized carbons (Fsp3) is 0.273. The lowest BCUT2D eigenvalue weighted by molar-refractivity contribution is -0.141. The van der Waals surface area contributed by atoms with Gasteiger partial charge in [0, 0.05) is 6.54 Å². The van der Waals surface area contributed by atoms with E-state index in [1.807, 2.05) is 0 Å². The minimum absolute atomic E-state index is 0.190. The van der Waals surface area contributed by atoms with Gasteiger partial charge in [0.2, 0.25) is 0 Å². The van der Waals surface area contributed by atoms with Crippen LogP contribution in [0.25, 0.3) is 10.6 Å². The predicted octanol–water partition coefficient (Wildman–Crippen LogP) is 2.33. The van der Waals surface area contributed by atoms with Crippen LogP contribution in [0.15, 0.2) is 12.1 Å². The van der Waals surface area contributed by atoms with E-state index in [0.29, 0.717) is 4.88 Å². The number of alkyl halides is 3. The van der Waals surface area contributed by atoms with E-state index in [4.69, 9.17) is 11.5 Å². The van der Waals surface area contributed by atoms with Crippen LogP contribution >= 0.6 is 11.3 Å². The quantitative estimate of drug-likeness (QED) is 0.912. The van der Waals surface area contributed by atoms with E-state index in [1.165, 1.54) is 10.7 Å². The van der Waals surface area contributed by atoms with E-state index in [0.717, 1.165) is 17.4 Å². The van der Waals surface area contributed by atoms with Crippen LogP contribution in [0.4, 0.5) is 18.9 Å². The zero-order chi connectivity index (χ0) is 15.1. The maximum atomic E-state index is 12.7. The number of carbonyl (C=O) groups is 1. The molecule has 0 aromatic carbocycles. The molecule has 0 fully saturated rings. The van der Waals surface area contributed by atoms with Crippen LogP contribution in [-0.4, -0.2) is 15.7 Å². The molecule has 0 spiro atoms. The summed E-state index contributed by atoms with van der Waals surface area (Å²) >= 11 is 0.946. The fourth-order valence-corrected chi connectivity index (χ4v) is 2.66. The number of amides is 1. The zero-order valence-electron chi connectivity index (χ0n) is 10.4. The van der Waals surface area contributed by atoms with Crippen LogP contribution in [0, 0.1) is 0 Å². The van der Waals surface area contributed by atoms with Crippen molar-refractivity contribution in [2.45, 2.75) is 19.6 Å². The van der Waals surface area contributed by atoms with Crippen molar-refractivity contribution in [3.63, 3.8) is 0 Å². The number of rotatable bonds is 3. The number of nitrogens with zero attached hydrogens (tertiary/aromatic N) is 2. The standard InChI is InChI=1S/C11H11F3N4OS/c1-2-18-6(4-8(17-18)11(12,13)14)9-5(15)3-7(20-9)10(16)19/h3-4H,2,15H2,1H3,(H2,16,19). The molecule has 2 heterocycles.